The van der Waals surface area contributed by atoms with Crippen molar-refractivity contribution in [2.45, 2.75) is 19.5 Å². The van der Waals surface area contributed by atoms with Crippen LogP contribution < -0.4 is 16.4 Å². The van der Waals surface area contributed by atoms with Crippen LogP contribution in [-0.4, -0.2) is 18.9 Å². The summed E-state index contributed by atoms with van der Waals surface area (Å²) in [4.78, 5) is 21.4. The van der Waals surface area contributed by atoms with Crippen molar-refractivity contribution in [3.8, 4) is 0 Å². The predicted molar refractivity (Wildman–Crippen MR) is 65.0 cm³/mol. The van der Waals surface area contributed by atoms with Gasteiger partial charge in [0.05, 0.1) is 12.6 Å². The van der Waals surface area contributed by atoms with Gasteiger partial charge in [-0.15, -0.1) is 0 Å². The number of benzene rings is 1. The molecule has 0 aliphatic heterocycles. The molecule has 17 heavy (non-hydrogen) atoms. The van der Waals surface area contributed by atoms with E-state index in [0.29, 0.717) is 13.0 Å². The highest BCUT2D eigenvalue weighted by atomic mass is 16.2. The first-order valence-corrected chi connectivity index (χ1v) is 5.42. The number of amides is 2. The Bertz CT molecular complexity index is 376. The van der Waals surface area contributed by atoms with Gasteiger partial charge >= 0.3 is 0 Å². The zero-order valence-electron chi connectivity index (χ0n) is 9.77. The van der Waals surface area contributed by atoms with Gasteiger partial charge in [0.25, 0.3) is 0 Å². The van der Waals surface area contributed by atoms with Crippen molar-refractivity contribution in [1.29, 1.82) is 0 Å². The van der Waals surface area contributed by atoms with Gasteiger partial charge < -0.3 is 16.4 Å². The average molecular weight is 235 g/mol. The molecule has 4 N–H and O–H groups in total. The van der Waals surface area contributed by atoms with E-state index in [1.54, 1.807) is 0 Å². The zero-order chi connectivity index (χ0) is 12.7. The van der Waals surface area contributed by atoms with Crippen LogP contribution in [0.2, 0.25) is 0 Å². The number of rotatable bonds is 6. The lowest BCUT2D eigenvalue weighted by molar-refractivity contribution is -0.122. The summed E-state index contributed by atoms with van der Waals surface area (Å²) in [7, 11) is 0. The summed E-state index contributed by atoms with van der Waals surface area (Å²) in [6, 6.07) is 7.63. The average Bonchev–Trinajstić information content (AvgIpc) is 2.36. The van der Waals surface area contributed by atoms with Crippen molar-refractivity contribution in [1.82, 2.24) is 10.6 Å². The molecule has 0 aliphatic rings. The Morgan fingerprint density at radius 2 is 2.06 bits per heavy atom. The van der Waals surface area contributed by atoms with Crippen LogP contribution in [0.15, 0.2) is 24.3 Å². The summed E-state index contributed by atoms with van der Waals surface area (Å²) in [6.07, 6.45) is 0.500. The van der Waals surface area contributed by atoms with Crippen LogP contribution in [-0.2, 0) is 16.1 Å². The second-order valence-electron chi connectivity index (χ2n) is 3.73. The molecule has 0 saturated carbocycles. The third-order valence-electron chi connectivity index (χ3n) is 2.44. The van der Waals surface area contributed by atoms with Crippen LogP contribution in [0, 0.1) is 0 Å². The number of nitrogens with one attached hydrogen (secondary N) is 2. The summed E-state index contributed by atoms with van der Waals surface area (Å²) in [6.45, 7) is 2.38. The Balaban J connectivity index is 2.53. The van der Waals surface area contributed by atoms with Gasteiger partial charge in [-0.3, -0.25) is 9.59 Å². The number of hydrogen-bond acceptors (Lipinski definition) is 3. The van der Waals surface area contributed by atoms with Crippen LogP contribution in [0.1, 0.15) is 24.1 Å². The molecule has 1 aromatic rings. The topological polar surface area (TPSA) is 84.2 Å². The molecule has 0 radical (unpaired) electrons. The van der Waals surface area contributed by atoms with E-state index in [-0.39, 0.29) is 18.5 Å². The molecule has 0 saturated heterocycles. The Kier molecular flexibility index (Phi) is 5.16. The quantitative estimate of drug-likeness (QED) is 0.610. The van der Waals surface area contributed by atoms with Crippen molar-refractivity contribution in [3.63, 3.8) is 0 Å². The third kappa shape index (κ3) is 4.24. The third-order valence-corrected chi connectivity index (χ3v) is 2.44. The minimum absolute atomic E-state index is 0.00523. The number of carbonyl (C=O) groups is 2. The fourth-order valence-corrected chi connectivity index (χ4v) is 1.45. The van der Waals surface area contributed by atoms with Crippen LogP contribution in [0.5, 0.6) is 0 Å². The molecular formula is C12H17N3O2. The second kappa shape index (κ2) is 6.65. The standard InChI is InChI=1S/C12H17N3O2/c1-9(15-12(17)7-14-8-16)11-4-2-10(6-13)3-5-11/h2-5,8-9H,6-7,13H2,1H3,(H,14,16)(H,15,17). The lowest BCUT2D eigenvalue weighted by Gasteiger charge is -2.14. The van der Waals surface area contributed by atoms with E-state index >= 15 is 0 Å². The SMILES string of the molecule is CC(NC(=O)CNC=O)c1ccc(CN)cc1. The summed E-state index contributed by atoms with van der Waals surface area (Å²) in [5.41, 5.74) is 7.55. The highest BCUT2D eigenvalue weighted by Gasteiger charge is 2.08. The van der Waals surface area contributed by atoms with Crippen molar-refractivity contribution in [2.24, 2.45) is 5.73 Å². The van der Waals surface area contributed by atoms with Crippen molar-refractivity contribution in [2.75, 3.05) is 6.54 Å². The molecule has 1 atom stereocenters. The Morgan fingerprint density at radius 3 is 2.59 bits per heavy atom. The molecule has 0 aliphatic carbocycles. The van der Waals surface area contributed by atoms with Gasteiger partial charge in [0.15, 0.2) is 0 Å². The van der Waals surface area contributed by atoms with E-state index < -0.39 is 0 Å². The van der Waals surface area contributed by atoms with Gasteiger partial charge in [0.1, 0.15) is 0 Å². The lowest BCUT2D eigenvalue weighted by atomic mass is 10.1. The molecule has 2 amide bonds. The molecule has 1 aromatic carbocycles. The summed E-state index contributed by atoms with van der Waals surface area (Å²) >= 11 is 0. The molecule has 0 fully saturated rings. The smallest absolute Gasteiger partial charge is 0.239 e. The highest BCUT2D eigenvalue weighted by Crippen LogP contribution is 2.12. The van der Waals surface area contributed by atoms with Gasteiger partial charge in [0.2, 0.25) is 12.3 Å². The largest absolute Gasteiger partial charge is 0.350 e. The molecule has 92 valence electrons. The number of carbonyl (C=O) groups excluding carboxylic acids is 2. The van der Waals surface area contributed by atoms with Gasteiger partial charge in [-0.05, 0) is 18.1 Å². The first-order valence-electron chi connectivity index (χ1n) is 5.42. The van der Waals surface area contributed by atoms with Gasteiger partial charge in [-0.25, -0.2) is 0 Å². The molecule has 1 rings (SSSR count). The van der Waals surface area contributed by atoms with E-state index in [2.05, 4.69) is 10.6 Å². The van der Waals surface area contributed by atoms with Gasteiger partial charge in [-0.2, -0.15) is 0 Å². The van der Waals surface area contributed by atoms with E-state index in [4.69, 9.17) is 5.73 Å². The minimum atomic E-state index is -0.215. The molecule has 0 aromatic heterocycles. The van der Waals surface area contributed by atoms with Crippen LogP contribution in [0.25, 0.3) is 0 Å². The van der Waals surface area contributed by atoms with E-state index in [1.807, 2.05) is 31.2 Å². The Morgan fingerprint density at radius 1 is 1.41 bits per heavy atom. The second-order valence-corrected chi connectivity index (χ2v) is 3.73. The van der Waals surface area contributed by atoms with Crippen molar-refractivity contribution < 1.29 is 9.59 Å². The number of hydrogen-bond donors (Lipinski definition) is 3. The Hall–Kier alpha value is -1.88. The van der Waals surface area contributed by atoms with E-state index in [0.717, 1.165) is 11.1 Å². The normalized spacial score (nSPS) is 11.6. The molecule has 0 bridgehead atoms. The van der Waals surface area contributed by atoms with Crippen LogP contribution >= 0.6 is 0 Å². The van der Waals surface area contributed by atoms with Crippen LogP contribution in [0.4, 0.5) is 0 Å². The molecule has 0 heterocycles. The van der Waals surface area contributed by atoms with E-state index in [9.17, 15) is 9.59 Å². The maximum Gasteiger partial charge on any atom is 0.239 e. The molecular weight excluding hydrogens is 218 g/mol. The fourth-order valence-electron chi connectivity index (χ4n) is 1.45. The summed E-state index contributed by atoms with van der Waals surface area (Å²) < 4.78 is 0. The van der Waals surface area contributed by atoms with Crippen molar-refractivity contribution in [3.05, 3.63) is 35.4 Å². The minimum Gasteiger partial charge on any atom is -0.350 e. The highest BCUT2D eigenvalue weighted by molar-refractivity contribution is 5.80. The lowest BCUT2D eigenvalue weighted by Crippen LogP contribution is -2.34. The maximum atomic E-state index is 11.4. The maximum absolute atomic E-state index is 11.4. The molecule has 5 heteroatoms. The first kappa shape index (κ1) is 13.2. The molecule has 0 spiro atoms. The monoisotopic (exact) mass is 235 g/mol. The molecule has 5 nitrogen and oxygen atoms in total. The van der Waals surface area contributed by atoms with Crippen LogP contribution in [0.3, 0.4) is 0 Å². The summed E-state index contributed by atoms with van der Waals surface area (Å²) in [5.74, 6) is -0.215. The van der Waals surface area contributed by atoms with Gasteiger partial charge in [0, 0.05) is 6.54 Å². The Labute approximate surface area is 100 Å². The van der Waals surface area contributed by atoms with E-state index in [1.165, 1.54) is 0 Å². The number of nitrogens with two attached hydrogens (primary N) is 1. The predicted octanol–water partition coefficient (Wildman–Crippen LogP) is 0.0685. The van der Waals surface area contributed by atoms with Gasteiger partial charge in [-0.1, -0.05) is 24.3 Å². The molecule has 1 unspecified atom stereocenters. The zero-order valence-corrected chi connectivity index (χ0v) is 9.77. The fraction of sp³-hybridized carbons (Fsp3) is 0.333. The summed E-state index contributed by atoms with van der Waals surface area (Å²) in [5, 5.41) is 5.09. The van der Waals surface area contributed by atoms with Crippen molar-refractivity contribution >= 4 is 12.3 Å². The first-order chi connectivity index (χ1) is 8.17.